The van der Waals surface area contributed by atoms with Crippen LogP contribution in [0.25, 0.3) is 0 Å². The summed E-state index contributed by atoms with van der Waals surface area (Å²) in [5.74, 6) is 1.08. The van der Waals surface area contributed by atoms with Crippen LogP contribution in [0.2, 0.25) is 0 Å². The average Bonchev–Trinajstić information content (AvgIpc) is 2.16. The standard InChI is InChI=1S/C10H21N3O/c1-8-2-4-13(5-3-10(12)14)7-9(8)6-11/h8-9H,2-7,11H2,1H3,(H2,12,14). The molecule has 1 aliphatic heterocycles. The number of primary amides is 1. The Balaban J connectivity index is 2.31. The summed E-state index contributed by atoms with van der Waals surface area (Å²) in [7, 11) is 0. The van der Waals surface area contributed by atoms with Crippen molar-refractivity contribution >= 4 is 5.91 Å². The summed E-state index contributed by atoms with van der Waals surface area (Å²) in [5.41, 5.74) is 10.8. The van der Waals surface area contributed by atoms with Gasteiger partial charge in [0.1, 0.15) is 0 Å². The van der Waals surface area contributed by atoms with Crippen molar-refractivity contribution in [3.63, 3.8) is 0 Å². The number of carbonyl (C=O) groups excluding carboxylic acids is 1. The third kappa shape index (κ3) is 3.27. The van der Waals surface area contributed by atoms with Crippen LogP contribution in [0.4, 0.5) is 0 Å². The smallest absolute Gasteiger partial charge is 0.218 e. The van der Waals surface area contributed by atoms with E-state index in [1.807, 2.05) is 0 Å². The summed E-state index contributed by atoms with van der Waals surface area (Å²) in [4.78, 5) is 12.9. The van der Waals surface area contributed by atoms with Gasteiger partial charge in [0, 0.05) is 19.5 Å². The van der Waals surface area contributed by atoms with E-state index in [1.54, 1.807) is 0 Å². The normalized spacial score (nSPS) is 29.0. The van der Waals surface area contributed by atoms with Gasteiger partial charge in [0.15, 0.2) is 0 Å². The maximum Gasteiger partial charge on any atom is 0.218 e. The van der Waals surface area contributed by atoms with Gasteiger partial charge in [0.05, 0.1) is 0 Å². The van der Waals surface area contributed by atoms with Crippen LogP contribution >= 0.6 is 0 Å². The SMILES string of the molecule is CC1CCN(CCC(N)=O)CC1CN. The quantitative estimate of drug-likeness (QED) is 0.657. The zero-order valence-corrected chi connectivity index (χ0v) is 8.91. The van der Waals surface area contributed by atoms with E-state index >= 15 is 0 Å². The molecule has 1 saturated heterocycles. The van der Waals surface area contributed by atoms with Crippen molar-refractivity contribution in [3.8, 4) is 0 Å². The highest BCUT2D eigenvalue weighted by Gasteiger charge is 2.24. The number of hydrogen-bond acceptors (Lipinski definition) is 3. The van der Waals surface area contributed by atoms with Crippen LogP contribution < -0.4 is 11.5 Å². The molecule has 0 aromatic rings. The van der Waals surface area contributed by atoms with Crippen LogP contribution in [-0.4, -0.2) is 37.0 Å². The third-order valence-corrected chi connectivity index (χ3v) is 3.18. The van der Waals surface area contributed by atoms with Crippen LogP contribution in [0.5, 0.6) is 0 Å². The van der Waals surface area contributed by atoms with E-state index in [2.05, 4.69) is 11.8 Å². The number of carbonyl (C=O) groups is 1. The monoisotopic (exact) mass is 199 g/mol. The Morgan fingerprint density at radius 2 is 2.29 bits per heavy atom. The molecule has 1 aliphatic rings. The maximum atomic E-state index is 10.6. The molecule has 1 rings (SSSR count). The number of hydrogen-bond donors (Lipinski definition) is 2. The highest BCUT2D eigenvalue weighted by atomic mass is 16.1. The molecule has 0 bridgehead atoms. The van der Waals surface area contributed by atoms with Gasteiger partial charge < -0.3 is 16.4 Å². The Labute approximate surface area is 85.6 Å². The van der Waals surface area contributed by atoms with Crippen molar-refractivity contribution in [1.82, 2.24) is 4.90 Å². The van der Waals surface area contributed by atoms with Crippen molar-refractivity contribution < 1.29 is 4.79 Å². The Hall–Kier alpha value is -0.610. The summed E-state index contributed by atoms with van der Waals surface area (Å²) in [6.45, 7) is 5.88. The molecule has 2 unspecified atom stereocenters. The predicted molar refractivity (Wildman–Crippen MR) is 56.6 cm³/mol. The number of nitrogens with zero attached hydrogens (tertiary/aromatic N) is 1. The minimum atomic E-state index is -0.215. The molecule has 1 amide bonds. The lowest BCUT2D eigenvalue weighted by molar-refractivity contribution is -0.118. The lowest BCUT2D eigenvalue weighted by atomic mass is 9.87. The molecule has 0 aromatic heterocycles. The third-order valence-electron chi connectivity index (χ3n) is 3.18. The molecule has 2 atom stereocenters. The topological polar surface area (TPSA) is 72.3 Å². The van der Waals surface area contributed by atoms with E-state index in [0.29, 0.717) is 18.3 Å². The fraction of sp³-hybridized carbons (Fsp3) is 0.900. The molecule has 1 heterocycles. The fourth-order valence-corrected chi connectivity index (χ4v) is 2.00. The number of rotatable bonds is 4. The molecule has 0 spiro atoms. The molecule has 4 N–H and O–H groups in total. The average molecular weight is 199 g/mol. The zero-order valence-electron chi connectivity index (χ0n) is 8.91. The minimum Gasteiger partial charge on any atom is -0.370 e. The van der Waals surface area contributed by atoms with Gasteiger partial charge in [-0.3, -0.25) is 4.79 Å². The van der Waals surface area contributed by atoms with Crippen LogP contribution in [0.3, 0.4) is 0 Å². The molecular formula is C10H21N3O. The molecule has 1 fully saturated rings. The summed E-state index contributed by atoms with van der Waals surface area (Å²) < 4.78 is 0. The Bertz CT molecular complexity index is 196. The van der Waals surface area contributed by atoms with Crippen LogP contribution in [0.1, 0.15) is 19.8 Å². The second-order valence-electron chi connectivity index (χ2n) is 4.28. The Morgan fingerprint density at radius 3 is 2.86 bits per heavy atom. The maximum absolute atomic E-state index is 10.6. The van der Waals surface area contributed by atoms with E-state index in [1.165, 1.54) is 6.42 Å². The lowest BCUT2D eigenvalue weighted by Gasteiger charge is -2.36. The molecule has 4 heteroatoms. The van der Waals surface area contributed by atoms with E-state index in [-0.39, 0.29) is 5.91 Å². The fourth-order valence-electron chi connectivity index (χ4n) is 2.00. The second kappa shape index (κ2) is 5.32. The number of likely N-dealkylation sites (tertiary alicyclic amines) is 1. The summed E-state index contributed by atoms with van der Waals surface area (Å²) in [6.07, 6.45) is 1.65. The van der Waals surface area contributed by atoms with Crippen molar-refractivity contribution in [3.05, 3.63) is 0 Å². The highest BCUT2D eigenvalue weighted by Crippen LogP contribution is 2.21. The van der Waals surface area contributed by atoms with Crippen LogP contribution in [0.15, 0.2) is 0 Å². The van der Waals surface area contributed by atoms with Crippen LogP contribution in [0, 0.1) is 11.8 Å². The van der Waals surface area contributed by atoms with Gasteiger partial charge in [0.2, 0.25) is 5.91 Å². The number of piperidine rings is 1. The first kappa shape index (κ1) is 11.5. The van der Waals surface area contributed by atoms with E-state index in [0.717, 1.165) is 26.2 Å². The van der Waals surface area contributed by atoms with Gasteiger partial charge in [-0.25, -0.2) is 0 Å². The lowest BCUT2D eigenvalue weighted by Crippen LogP contribution is -2.43. The van der Waals surface area contributed by atoms with Gasteiger partial charge in [-0.15, -0.1) is 0 Å². The highest BCUT2D eigenvalue weighted by molar-refractivity contribution is 5.73. The van der Waals surface area contributed by atoms with Gasteiger partial charge in [0.25, 0.3) is 0 Å². The van der Waals surface area contributed by atoms with E-state index in [4.69, 9.17) is 11.5 Å². The Kier molecular flexibility index (Phi) is 4.35. The van der Waals surface area contributed by atoms with Crippen molar-refractivity contribution in [2.24, 2.45) is 23.3 Å². The van der Waals surface area contributed by atoms with Gasteiger partial charge in [-0.1, -0.05) is 6.92 Å². The van der Waals surface area contributed by atoms with E-state index < -0.39 is 0 Å². The van der Waals surface area contributed by atoms with Gasteiger partial charge in [-0.05, 0) is 31.3 Å². The zero-order chi connectivity index (χ0) is 10.6. The van der Waals surface area contributed by atoms with Crippen molar-refractivity contribution in [2.45, 2.75) is 19.8 Å². The minimum absolute atomic E-state index is 0.215. The molecule has 0 aromatic carbocycles. The Morgan fingerprint density at radius 1 is 1.57 bits per heavy atom. The molecule has 0 saturated carbocycles. The molecular weight excluding hydrogens is 178 g/mol. The molecule has 82 valence electrons. The van der Waals surface area contributed by atoms with E-state index in [9.17, 15) is 4.79 Å². The first-order chi connectivity index (χ1) is 6.63. The number of nitrogens with two attached hydrogens (primary N) is 2. The molecule has 0 radical (unpaired) electrons. The van der Waals surface area contributed by atoms with Gasteiger partial charge in [-0.2, -0.15) is 0 Å². The summed E-state index contributed by atoms with van der Waals surface area (Å²) in [6, 6.07) is 0. The van der Waals surface area contributed by atoms with Crippen LogP contribution in [-0.2, 0) is 4.79 Å². The van der Waals surface area contributed by atoms with Gasteiger partial charge >= 0.3 is 0 Å². The summed E-state index contributed by atoms with van der Waals surface area (Å²) >= 11 is 0. The molecule has 14 heavy (non-hydrogen) atoms. The largest absolute Gasteiger partial charge is 0.370 e. The second-order valence-corrected chi connectivity index (χ2v) is 4.28. The van der Waals surface area contributed by atoms with Crippen molar-refractivity contribution in [2.75, 3.05) is 26.2 Å². The van der Waals surface area contributed by atoms with Crippen molar-refractivity contribution in [1.29, 1.82) is 0 Å². The first-order valence-electron chi connectivity index (χ1n) is 5.34. The predicted octanol–water partition coefficient (Wildman–Crippen LogP) is -0.221. The number of amides is 1. The summed E-state index contributed by atoms with van der Waals surface area (Å²) in [5, 5.41) is 0. The first-order valence-corrected chi connectivity index (χ1v) is 5.34. The molecule has 4 nitrogen and oxygen atoms in total. The molecule has 0 aliphatic carbocycles.